The van der Waals surface area contributed by atoms with E-state index < -0.39 is 0 Å². The molecule has 0 aliphatic carbocycles. The first-order valence-electron chi connectivity index (χ1n) is 8.26. The SMILES string of the molecule is C=CC(=O)NC(C)COC(C)COCC(C)CCC(C)(C)C. The summed E-state index contributed by atoms with van der Waals surface area (Å²) in [7, 11) is 0. The normalized spacial score (nSPS) is 15.9. The number of nitrogens with one attached hydrogen (secondary N) is 1. The fraction of sp³-hybridized carbons (Fsp3) is 0.833. The monoisotopic (exact) mass is 313 g/mol. The molecule has 0 spiro atoms. The Morgan fingerprint density at radius 2 is 1.82 bits per heavy atom. The van der Waals surface area contributed by atoms with E-state index in [1.807, 2.05) is 13.8 Å². The predicted octanol–water partition coefficient (Wildman–Crippen LogP) is 3.56. The fourth-order valence-electron chi connectivity index (χ4n) is 1.90. The van der Waals surface area contributed by atoms with Gasteiger partial charge in [-0.05, 0) is 44.1 Å². The van der Waals surface area contributed by atoms with Crippen LogP contribution in [0.2, 0.25) is 0 Å². The lowest BCUT2D eigenvalue weighted by atomic mass is 9.87. The first kappa shape index (κ1) is 21.1. The molecule has 0 fully saturated rings. The zero-order valence-electron chi connectivity index (χ0n) is 15.3. The largest absolute Gasteiger partial charge is 0.378 e. The van der Waals surface area contributed by atoms with E-state index >= 15 is 0 Å². The Kier molecular flexibility index (Phi) is 10.4. The first-order chi connectivity index (χ1) is 10.1. The van der Waals surface area contributed by atoms with Gasteiger partial charge < -0.3 is 14.8 Å². The molecule has 4 nitrogen and oxygen atoms in total. The molecule has 130 valence electrons. The van der Waals surface area contributed by atoms with Crippen molar-refractivity contribution < 1.29 is 14.3 Å². The number of rotatable bonds is 11. The van der Waals surface area contributed by atoms with E-state index in [4.69, 9.17) is 9.47 Å². The van der Waals surface area contributed by atoms with Gasteiger partial charge in [0.05, 0.1) is 19.3 Å². The molecule has 1 amide bonds. The molecule has 1 N–H and O–H groups in total. The molecular formula is C18H35NO3. The Bertz CT molecular complexity index is 323. The molecule has 0 aromatic carbocycles. The van der Waals surface area contributed by atoms with Crippen LogP contribution in [-0.2, 0) is 14.3 Å². The van der Waals surface area contributed by atoms with Crippen LogP contribution in [0.1, 0.15) is 54.4 Å². The Morgan fingerprint density at radius 3 is 2.36 bits per heavy atom. The highest BCUT2D eigenvalue weighted by atomic mass is 16.5. The molecule has 0 radical (unpaired) electrons. The van der Waals surface area contributed by atoms with E-state index in [1.54, 1.807) is 0 Å². The lowest BCUT2D eigenvalue weighted by molar-refractivity contribution is -0.117. The van der Waals surface area contributed by atoms with Crippen LogP contribution in [0.5, 0.6) is 0 Å². The number of hydrogen-bond donors (Lipinski definition) is 1. The molecule has 0 aromatic heterocycles. The van der Waals surface area contributed by atoms with Gasteiger partial charge in [-0.3, -0.25) is 4.79 Å². The predicted molar refractivity (Wildman–Crippen MR) is 91.9 cm³/mol. The molecule has 3 atom stereocenters. The lowest BCUT2D eigenvalue weighted by Crippen LogP contribution is -2.36. The maximum Gasteiger partial charge on any atom is 0.243 e. The average Bonchev–Trinajstić information content (AvgIpc) is 2.42. The summed E-state index contributed by atoms with van der Waals surface area (Å²) in [6.07, 6.45) is 3.69. The van der Waals surface area contributed by atoms with Gasteiger partial charge in [-0.25, -0.2) is 0 Å². The molecule has 0 aliphatic heterocycles. The maximum atomic E-state index is 11.1. The van der Waals surface area contributed by atoms with Crippen molar-refractivity contribution in [2.45, 2.75) is 66.5 Å². The molecule has 0 saturated heterocycles. The third-order valence-corrected chi connectivity index (χ3v) is 3.35. The second-order valence-corrected chi connectivity index (χ2v) is 7.50. The molecule has 3 unspecified atom stereocenters. The van der Waals surface area contributed by atoms with Crippen molar-refractivity contribution in [3.05, 3.63) is 12.7 Å². The molecule has 22 heavy (non-hydrogen) atoms. The van der Waals surface area contributed by atoms with E-state index in [-0.39, 0.29) is 18.1 Å². The van der Waals surface area contributed by atoms with E-state index in [1.165, 1.54) is 18.9 Å². The molecule has 0 heterocycles. The van der Waals surface area contributed by atoms with Gasteiger partial charge in [-0.1, -0.05) is 34.3 Å². The average molecular weight is 313 g/mol. The summed E-state index contributed by atoms with van der Waals surface area (Å²) in [5, 5.41) is 2.77. The third kappa shape index (κ3) is 12.8. The van der Waals surface area contributed by atoms with Gasteiger partial charge >= 0.3 is 0 Å². The Balaban J connectivity index is 3.70. The molecule has 0 saturated carbocycles. The number of amides is 1. The van der Waals surface area contributed by atoms with Crippen LogP contribution in [0.25, 0.3) is 0 Å². The van der Waals surface area contributed by atoms with E-state index in [0.29, 0.717) is 24.5 Å². The molecule has 0 rings (SSSR count). The Labute approximate surface area is 136 Å². The van der Waals surface area contributed by atoms with Gasteiger partial charge in [0.2, 0.25) is 5.91 Å². The highest BCUT2D eigenvalue weighted by molar-refractivity contribution is 5.87. The van der Waals surface area contributed by atoms with Crippen LogP contribution in [0.4, 0.5) is 0 Å². The topological polar surface area (TPSA) is 47.6 Å². The summed E-state index contributed by atoms with van der Waals surface area (Å²) in [6, 6.07) is -0.0290. The third-order valence-electron chi connectivity index (χ3n) is 3.35. The summed E-state index contributed by atoms with van der Waals surface area (Å²) >= 11 is 0. The smallest absolute Gasteiger partial charge is 0.243 e. The van der Waals surface area contributed by atoms with Crippen LogP contribution in [0.3, 0.4) is 0 Å². The van der Waals surface area contributed by atoms with Crippen LogP contribution in [0.15, 0.2) is 12.7 Å². The fourth-order valence-corrected chi connectivity index (χ4v) is 1.90. The number of ether oxygens (including phenoxy) is 2. The van der Waals surface area contributed by atoms with Gasteiger partial charge in [0.1, 0.15) is 0 Å². The number of carbonyl (C=O) groups is 1. The van der Waals surface area contributed by atoms with Crippen molar-refractivity contribution in [1.82, 2.24) is 5.32 Å². The van der Waals surface area contributed by atoms with Crippen LogP contribution >= 0.6 is 0 Å². The molecule has 0 aromatic rings. The quantitative estimate of drug-likeness (QED) is 0.593. The van der Waals surface area contributed by atoms with Crippen molar-refractivity contribution in [2.75, 3.05) is 19.8 Å². The highest BCUT2D eigenvalue weighted by Gasteiger charge is 2.13. The van der Waals surface area contributed by atoms with Gasteiger partial charge in [0, 0.05) is 12.6 Å². The maximum absolute atomic E-state index is 11.1. The zero-order chi connectivity index (χ0) is 17.2. The van der Waals surface area contributed by atoms with Crippen molar-refractivity contribution >= 4 is 5.91 Å². The summed E-state index contributed by atoms with van der Waals surface area (Å²) in [4.78, 5) is 11.1. The van der Waals surface area contributed by atoms with Crippen molar-refractivity contribution in [1.29, 1.82) is 0 Å². The van der Waals surface area contributed by atoms with Gasteiger partial charge in [-0.2, -0.15) is 0 Å². The van der Waals surface area contributed by atoms with Crippen molar-refractivity contribution in [2.24, 2.45) is 11.3 Å². The van der Waals surface area contributed by atoms with Crippen LogP contribution in [-0.4, -0.2) is 37.9 Å². The highest BCUT2D eigenvalue weighted by Crippen LogP contribution is 2.23. The standard InChI is InChI=1S/C18H35NO3/c1-8-17(20)19-15(3)12-22-16(4)13-21-11-14(2)9-10-18(5,6)7/h8,14-16H,1,9-13H2,2-7H3,(H,19,20). The minimum Gasteiger partial charge on any atom is -0.378 e. The van der Waals surface area contributed by atoms with Crippen molar-refractivity contribution in [3.63, 3.8) is 0 Å². The van der Waals surface area contributed by atoms with E-state index in [0.717, 1.165) is 6.61 Å². The van der Waals surface area contributed by atoms with Gasteiger partial charge in [-0.15, -0.1) is 0 Å². The second kappa shape index (κ2) is 10.8. The Morgan fingerprint density at radius 1 is 1.18 bits per heavy atom. The molecule has 4 heteroatoms. The minimum atomic E-state index is -0.173. The van der Waals surface area contributed by atoms with Gasteiger partial charge in [0.25, 0.3) is 0 Å². The van der Waals surface area contributed by atoms with E-state index in [9.17, 15) is 4.79 Å². The van der Waals surface area contributed by atoms with E-state index in [2.05, 4.69) is 39.6 Å². The first-order valence-corrected chi connectivity index (χ1v) is 8.26. The summed E-state index contributed by atoms with van der Waals surface area (Å²) in [5.41, 5.74) is 0.386. The zero-order valence-corrected chi connectivity index (χ0v) is 15.3. The van der Waals surface area contributed by atoms with Gasteiger partial charge in [0.15, 0.2) is 0 Å². The second-order valence-electron chi connectivity index (χ2n) is 7.50. The summed E-state index contributed by atoms with van der Waals surface area (Å²) < 4.78 is 11.4. The van der Waals surface area contributed by atoms with Crippen molar-refractivity contribution in [3.8, 4) is 0 Å². The lowest BCUT2D eigenvalue weighted by Gasteiger charge is -2.22. The minimum absolute atomic E-state index is 0.0258. The molecular weight excluding hydrogens is 278 g/mol. The molecule has 0 bridgehead atoms. The van der Waals surface area contributed by atoms with Crippen LogP contribution < -0.4 is 5.32 Å². The van der Waals surface area contributed by atoms with Crippen LogP contribution in [0, 0.1) is 11.3 Å². The Hall–Kier alpha value is -0.870. The molecule has 0 aliphatic rings. The number of hydrogen-bond acceptors (Lipinski definition) is 3. The summed E-state index contributed by atoms with van der Waals surface area (Å²) in [5.74, 6) is 0.393. The summed E-state index contributed by atoms with van der Waals surface area (Å²) in [6.45, 7) is 18.2. The number of carbonyl (C=O) groups excluding carboxylic acids is 1.